The van der Waals surface area contributed by atoms with Crippen LogP contribution >= 0.6 is 0 Å². The molecular weight excluding hydrogens is 238 g/mol. The predicted molar refractivity (Wildman–Crippen MR) is 75.0 cm³/mol. The summed E-state index contributed by atoms with van der Waals surface area (Å²) in [5, 5.41) is 0. The van der Waals surface area contributed by atoms with Crippen molar-refractivity contribution in [2.24, 2.45) is 5.73 Å². The topological polar surface area (TPSA) is 51.3 Å². The van der Waals surface area contributed by atoms with Gasteiger partial charge in [-0.25, -0.2) is 0 Å². The van der Waals surface area contributed by atoms with Crippen LogP contribution in [0.1, 0.15) is 55.6 Å². The smallest absolute Gasteiger partial charge is 0.270 e. The molecule has 1 aromatic rings. The molecule has 1 saturated carbocycles. The van der Waals surface area contributed by atoms with Crippen LogP contribution in [0.15, 0.2) is 18.3 Å². The van der Waals surface area contributed by atoms with Gasteiger partial charge in [-0.05, 0) is 51.2 Å². The summed E-state index contributed by atoms with van der Waals surface area (Å²) in [4.78, 5) is 14.7. The third kappa shape index (κ3) is 2.29. The third-order valence-electron chi connectivity index (χ3n) is 4.64. The van der Waals surface area contributed by atoms with E-state index in [1.165, 1.54) is 19.3 Å². The Bertz CT molecular complexity index is 464. The molecule has 0 bridgehead atoms. The molecule has 1 amide bonds. The van der Waals surface area contributed by atoms with Gasteiger partial charge >= 0.3 is 0 Å². The second-order valence-corrected chi connectivity index (χ2v) is 6.02. The minimum Gasteiger partial charge on any atom is -0.340 e. The van der Waals surface area contributed by atoms with Gasteiger partial charge in [0, 0.05) is 30.9 Å². The van der Waals surface area contributed by atoms with Crippen molar-refractivity contribution in [1.82, 2.24) is 9.47 Å². The monoisotopic (exact) mass is 261 g/mol. The Labute approximate surface area is 114 Å². The Morgan fingerprint density at radius 1 is 1.37 bits per heavy atom. The lowest BCUT2D eigenvalue weighted by molar-refractivity contribution is 0.0602. The number of carbonyl (C=O) groups is 1. The van der Waals surface area contributed by atoms with Gasteiger partial charge in [-0.15, -0.1) is 0 Å². The standard InChI is InChI=1S/C15H23N3O/c1-11-10-12(16)7-9-17(11)15(19)14-6-3-8-18(14)13-4-2-5-13/h3,6,8,11-13H,2,4-5,7,9-10,16H2,1H3. The fourth-order valence-electron chi connectivity index (χ4n) is 3.22. The van der Waals surface area contributed by atoms with Crippen molar-refractivity contribution in [2.45, 2.75) is 57.2 Å². The second kappa shape index (κ2) is 5.00. The van der Waals surface area contributed by atoms with E-state index in [-0.39, 0.29) is 18.0 Å². The van der Waals surface area contributed by atoms with Crippen molar-refractivity contribution in [1.29, 1.82) is 0 Å². The number of likely N-dealkylation sites (tertiary alicyclic amines) is 1. The highest BCUT2D eigenvalue weighted by atomic mass is 16.2. The summed E-state index contributed by atoms with van der Waals surface area (Å²) in [5.74, 6) is 0.177. The van der Waals surface area contributed by atoms with E-state index in [1.807, 2.05) is 17.0 Å². The van der Waals surface area contributed by atoms with Crippen molar-refractivity contribution in [3.05, 3.63) is 24.0 Å². The fourth-order valence-corrected chi connectivity index (χ4v) is 3.22. The summed E-state index contributed by atoms with van der Waals surface area (Å²) >= 11 is 0. The van der Waals surface area contributed by atoms with Crippen LogP contribution in [0, 0.1) is 0 Å². The maximum Gasteiger partial charge on any atom is 0.270 e. The molecule has 1 aliphatic carbocycles. The zero-order valence-corrected chi connectivity index (χ0v) is 11.6. The average molecular weight is 261 g/mol. The van der Waals surface area contributed by atoms with Crippen LogP contribution < -0.4 is 5.73 Å². The summed E-state index contributed by atoms with van der Waals surface area (Å²) in [6.45, 7) is 2.89. The van der Waals surface area contributed by atoms with Crippen molar-refractivity contribution < 1.29 is 4.79 Å². The van der Waals surface area contributed by atoms with Crippen LogP contribution in [0.2, 0.25) is 0 Å². The van der Waals surface area contributed by atoms with Crippen LogP contribution in [-0.2, 0) is 0 Å². The summed E-state index contributed by atoms with van der Waals surface area (Å²) in [6.07, 6.45) is 7.57. The number of aromatic nitrogens is 1. The second-order valence-electron chi connectivity index (χ2n) is 6.02. The van der Waals surface area contributed by atoms with E-state index < -0.39 is 0 Å². The molecule has 1 aliphatic heterocycles. The summed E-state index contributed by atoms with van der Waals surface area (Å²) in [5.41, 5.74) is 6.83. The number of nitrogens with zero attached hydrogens (tertiary/aromatic N) is 2. The molecule has 2 N–H and O–H groups in total. The van der Waals surface area contributed by atoms with E-state index >= 15 is 0 Å². The number of nitrogens with two attached hydrogens (primary N) is 1. The molecule has 0 aromatic carbocycles. The van der Waals surface area contributed by atoms with Gasteiger partial charge in [0.1, 0.15) is 5.69 Å². The van der Waals surface area contributed by atoms with Gasteiger partial charge in [0.25, 0.3) is 5.91 Å². The van der Waals surface area contributed by atoms with Crippen LogP contribution in [0.5, 0.6) is 0 Å². The molecule has 1 aromatic heterocycles. The molecule has 2 atom stereocenters. The maximum absolute atomic E-state index is 12.7. The first-order valence-corrected chi connectivity index (χ1v) is 7.40. The minimum atomic E-state index is 0.177. The van der Waals surface area contributed by atoms with Gasteiger partial charge in [0.15, 0.2) is 0 Å². The molecular formula is C15H23N3O. The van der Waals surface area contributed by atoms with E-state index in [0.29, 0.717) is 6.04 Å². The number of rotatable bonds is 2. The number of hydrogen-bond donors (Lipinski definition) is 1. The normalized spacial score (nSPS) is 28.2. The van der Waals surface area contributed by atoms with Gasteiger partial charge in [0.2, 0.25) is 0 Å². The van der Waals surface area contributed by atoms with E-state index in [2.05, 4.69) is 17.7 Å². The molecule has 2 fully saturated rings. The summed E-state index contributed by atoms with van der Waals surface area (Å²) in [7, 11) is 0. The zero-order valence-electron chi connectivity index (χ0n) is 11.6. The van der Waals surface area contributed by atoms with E-state index in [9.17, 15) is 4.79 Å². The SMILES string of the molecule is CC1CC(N)CCN1C(=O)c1cccn1C1CCC1. The number of amides is 1. The Hall–Kier alpha value is -1.29. The lowest BCUT2D eigenvalue weighted by atomic mass is 9.92. The Morgan fingerprint density at radius 3 is 2.79 bits per heavy atom. The molecule has 2 heterocycles. The van der Waals surface area contributed by atoms with Gasteiger partial charge in [-0.3, -0.25) is 4.79 Å². The molecule has 3 rings (SSSR count). The maximum atomic E-state index is 12.7. The molecule has 1 saturated heterocycles. The van der Waals surface area contributed by atoms with Crippen molar-refractivity contribution in [2.75, 3.05) is 6.54 Å². The van der Waals surface area contributed by atoms with Crippen molar-refractivity contribution in [3.8, 4) is 0 Å². The summed E-state index contributed by atoms with van der Waals surface area (Å²) in [6, 6.07) is 4.99. The average Bonchev–Trinajstić information content (AvgIpc) is 2.75. The number of hydrogen-bond acceptors (Lipinski definition) is 2. The van der Waals surface area contributed by atoms with Gasteiger partial charge < -0.3 is 15.2 Å². The largest absolute Gasteiger partial charge is 0.340 e. The first-order chi connectivity index (χ1) is 9.16. The van der Waals surface area contributed by atoms with Gasteiger partial charge in [0.05, 0.1) is 0 Å². The molecule has 0 spiro atoms. The Morgan fingerprint density at radius 2 is 2.16 bits per heavy atom. The van der Waals surface area contributed by atoms with Crippen LogP contribution in [0.25, 0.3) is 0 Å². The van der Waals surface area contributed by atoms with Crippen LogP contribution in [0.3, 0.4) is 0 Å². The van der Waals surface area contributed by atoms with Gasteiger partial charge in [-0.2, -0.15) is 0 Å². The molecule has 4 heteroatoms. The fraction of sp³-hybridized carbons (Fsp3) is 0.667. The first kappa shape index (κ1) is 12.7. The molecule has 2 unspecified atom stereocenters. The van der Waals surface area contributed by atoms with Crippen LogP contribution in [0.4, 0.5) is 0 Å². The third-order valence-corrected chi connectivity index (χ3v) is 4.64. The van der Waals surface area contributed by atoms with E-state index in [0.717, 1.165) is 25.1 Å². The highest BCUT2D eigenvalue weighted by molar-refractivity contribution is 5.93. The Kier molecular flexibility index (Phi) is 3.35. The van der Waals surface area contributed by atoms with Crippen molar-refractivity contribution >= 4 is 5.91 Å². The van der Waals surface area contributed by atoms with E-state index in [1.54, 1.807) is 0 Å². The predicted octanol–water partition coefficient (Wildman–Crippen LogP) is 2.16. The number of piperidine rings is 1. The van der Waals surface area contributed by atoms with E-state index in [4.69, 9.17) is 5.73 Å². The number of carbonyl (C=O) groups excluding carboxylic acids is 1. The first-order valence-electron chi connectivity index (χ1n) is 7.40. The zero-order chi connectivity index (χ0) is 13.4. The lowest BCUT2D eigenvalue weighted by Gasteiger charge is -2.37. The molecule has 4 nitrogen and oxygen atoms in total. The molecule has 19 heavy (non-hydrogen) atoms. The summed E-state index contributed by atoms with van der Waals surface area (Å²) < 4.78 is 2.17. The molecule has 104 valence electrons. The quantitative estimate of drug-likeness (QED) is 0.887. The highest BCUT2D eigenvalue weighted by Gasteiger charge is 2.30. The highest BCUT2D eigenvalue weighted by Crippen LogP contribution is 2.33. The Balaban J connectivity index is 1.78. The minimum absolute atomic E-state index is 0.177. The lowest BCUT2D eigenvalue weighted by Crippen LogP contribution is -2.48. The van der Waals surface area contributed by atoms with Crippen LogP contribution in [-0.4, -0.2) is 34.0 Å². The molecule has 2 aliphatic rings. The van der Waals surface area contributed by atoms with Gasteiger partial charge in [-0.1, -0.05) is 0 Å². The molecule has 0 radical (unpaired) electrons. The van der Waals surface area contributed by atoms with Crippen molar-refractivity contribution in [3.63, 3.8) is 0 Å².